The van der Waals surface area contributed by atoms with Crippen molar-refractivity contribution in [3.05, 3.63) is 0 Å². The molecule has 0 aromatic rings. The molecule has 1 aliphatic carbocycles. The van der Waals surface area contributed by atoms with E-state index in [1.54, 1.807) is 0 Å². The summed E-state index contributed by atoms with van der Waals surface area (Å²) in [6.45, 7) is 2.39. The van der Waals surface area contributed by atoms with Crippen molar-refractivity contribution in [2.75, 3.05) is 13.2 Å². The molecule has 5 nitrogen and oxygen atoms in total. The Kier molecular flexibility index (Phi) is 5.23. The number of nitrogens with two attached hydrogens (primary N) is 1. The van der Waals surface area contributed by atoms with Crippen molar-refractivity contribution in [3.63, 3.8) is 0 Å². The van der Waals surface area contributed by atoms with E-state index in [0.717, 1.165) is 19.3 Å². The lowest BCUT2D eigenvalue weighted by Crippen LogP contribution is -2.21. The summed E-state index contributed by atoms with van der Waals surface area (Å²) in [5.41, 5.74) is 5.18. The summed E-state index contributed by atoms with van der Waals surface area (Å²) in [6.07, 6.45) is 3.72. The van der Waals surface area contributed by atoms with Gasteiger partial charge < -0.3 is 10.6 Å². The van der Waals surface area contributed by atoms with Crippen LogP contribution < -0.4 is 5.73 Å². The van der Waals surface area contributed by atoms with Gasteiger partial charge in [-0.05, 0) is 18.8 Å². The van der Waals surface area contributed by atoms with Crippen molar-refractivity contribution < 1.29 is 18.5 Å². The molecule has 0 bridgehead atoms. The first kappa shape index (κ1) is 13.1. The molecule has 3 unspecified atom stereocenters. The Labute approximate surface area is 90.6 Å². The molecule has 90 valence electrons. The van der Waals surface area contributed by atoms with Crippen molar-refractivity contribution in [2.24, 2.45) is 11.7 Å². The highest BCUT2D eigenvalue weighted by molar-refractivity contribution is 7.47. The van der Waals surface area contributed by atoms with Crippen LogP contribution in [0.5, 0.6) is 0 Å². The van der Waals surface area contributed by atoms with Gasteiger partial charge in [-0.15, -0.1) is 0 Å². The van der Waals surface area contributed by atoms with Gasteiger partial charge in [0.05, 0.1) is 12.7 Å². The molecule has 0 saturated heterocycles. The molecule has 0 aliphatic heterocycles. The quantitative estimate of drug-likeness (QED) is 0.710. The SMILES string of the molecule is CC1CCCC(OP(=O)(O)OCCN)C1. The fraction of sp³-hybridized carbons (Fsp3) is 1.00. The van der Waals surface area contributed by atoms with E-state index in [-0.39, 0.29) is 19.3 Å². The second kappa shape index (κ2) is 5.97. The lowest BCUT2D eigenvalue weighted by atomic mass is 9.89. The number of phosphoric acid groups is 1. The van der Waals surface area contributed by atoms with Crippen LogP contribution in [0.3, 0.4) is 0 Å². The predicted octanol–water partition coefficient (Wildman–Crippen LogP) is 1.66. The highest BCUT2D eigenvalue weighted by Crippen LogP contribution is 2.46. The highest BCUT2D eigenvalue weighted by atomic mass is 31.2. The van der Waals surface area contributed by atoms with Crippen LogP contribution in [0.1, 0.15) is 32.6 Å². The molecule has 0 heterocycles. The Hall–Kier alpha value is 0.0700. The van der Waals surface area contributed by atoms with Gasteiger partial charge in [0.1, 0.15) is 0 Å². The van der Waals surface area contributed by atoms with Crippen LogP contribution in [0.25, 0.3) is 0 Å². The summed E-state index contributed by atoms with van der Waals surface area (Å²) in [7, 11) is -3.88. The third kappa shape index (κ3) is 5.09. The molecule has 1 rings (SSSR count). The van der Waals surface area contributed by atoms with E-state index in [2.05, 4.69) is 11.4 Å². The molecule has 0 aromatic carbocycles. The van der Waals surface area contributed by atoms with E-state index in [1.165, 1.54) is 6.42 Å². The third-order valence-corrected chi connectivity index (χ3v) is 3.62. The first-order chi connectivity index (χ1) is 7.03. The minimum absolute atomic E-state index is 0.0516. The summed E-state index contributed by atoms with van der Waals surface area (Å²) in [5.74, 6) is 0.554. The van der Waals surface area contributed by atoms with Crippen LogP contribution in [0.4, 0.5) is 0 Å². The van der Waals surface area contributed by atoms with E-state index in [9.17, 15) is 9.46 Å². The predicted molar refractivity (Wildman–Crippen MR) is 57.3 cm³/mol. The second-order valence-electron chi connectivity index (χ2n) is 4.09. The Balaban J connectivity index is 2.35. The van der Waals surface area contributed by atoms with Crippen LogP contribution in [0.15, 0.2) is 0 Å². The van der Waals surface area contributed by atoms with E-state index in [0.29, 0.717) is 5.92 Å². The maximum Gasteiger partial charge on any atom is 0.472 e. The molecule has 0 spiro atoms. The Bertz CT molecular complexity index is 236. The van der Waals surface area contributed by atoms with E-state index in [4.69, 9.17) is 10.3 Å². The van der Waals surface area contributed by atoms with E-state index in [1.807, 2.05) is 0 Å². The zero-order valence-electron chi connectivity index (χ0n) is 9.09. The number of hydrogen-bond donors (Lipinski definition) is 2. The van der Waals surface area contributed by atoms with Crippen LogP contribution >= 0.6 is 7.82 Å². The lowest BCUT2D eigenvalue weighted by molar-refractivity contribution is 0.0712. The minimum Gasteiger partial charge on any atom is -0.328 e. The molecule has 0 aromatic heterocycles. The maximum atomic E-state index is 11.4. The minimum atomic E-state index is -3.88. The largest absolute Gasteiger partial charge is 0.472 e. The molecular weight excluding hydrogens is 217 g/mol. The highest BCUT2D eigenvalue weighted by Gasteiger charge is 2.29. The normalized spacial score (nSPS) is 31.1. The summed E-state index contributed by atoms with van der Waals surface area (Å²) in [5, 5.41) is 0. The van der Waals surface area contributed by atoms with Gasteiger partial charge in [0.15, 0.2) is 0 Å². The average molecular weight is 237 g/mol. The van der Waals surface area contributed by atoms with Gasteiger partial charge in [0.25, 0.3) is 0 Å². The Morgan fingerprint density at radius 2 is 2.27 bits per heavy atom. The van der Waals surface area contributed by atoms with Gasteiger partial charge in [0, 0.05) is 6.54 Å². The van der Waals surface area contributed by atoms with Crippen LogP contribution in [0.2, 0.25) is 0 Å². The van der Waals surface area contributed by atoms with Crippen LogP contribution in [-0.2, 0) is 13.6 Å². The molecule has 1 saturated carbocycles. The van der Waals surface area contributed by atoms with Crippen molar-refractivity contribution >= 4 is 7.82 Å². The Morgan fingerprint density at radius 3 is 2.87 bits per heavy atom. The first-order valence-electron chi connectivity index (χ1n) is 5.39. The van der Waals surface area contributed by atoms with Gasteiger partial charge >= 0.3 is 7.82 Å². The van der Waals surface area contributed by atoms with Gasteiger partial charge in [-0.3, -0.25) is 9.05 Å². The molecule has 1 aliphatic rings. The lowest BCUT2D eigenvalue weighted by Gasteiger charge is -2.27. The molecule has 15 heavy (non-hydrogen) atoms. The molecular formula is C9H20NO4P. The topological polar surface area (TPSA) is 81.8 Å². The molecule has 1 fully saturated rings. The smallest absolute Gasteiger partial charge is 0.328 e. The summed E-state index contributed by atoms with van der Waals surface area (Å²) < 4.78 is 21.2. The summed E-state index contributed by atoms with van der Waals surface area (Å²) in [6, 6.07) is 0. The average Bonchev–Trinajstić information content (AvgIpc) is 2.14. The molecule has 3 atom stereocenters. The maximum absolute atomic E-state index is 11.4. The Morgan fingerprint density at radius 1 is 1.53 bits per heavy atom. The van der Waals surface area contributed by atoms with Crippen molar-refractivity contribution in [3.8, 4) is 0 Å². The second-order valence-corrected chi connectivity index (χ2v) is 5.50. The summed E-state index contributed by atoms with van der Waals surface area (Å²) >= 11 is 0. The fourth-order valence-electron chi connectivity index (χ4n) is 1.86. The van der Waals surface area contributed by atoms with Gasteiger partial charge in [0.2, 0.25) is 0 Å². The van der Waals surface area contributed by atoms with Crippen LogP contribution in [-0.4, -0.2) is 24.1 Å². The van der Waals surface area contributed by atoms with E-state index < -0.39 is 7.82 Å². The number of rotatable bonds is 5. The molecule has 0 radical (unpaired) electrons. The standard InChI is InChI=1S/C9H20NO4P/c1-8-3-2-4-9(7-8)14-15(11,12)13-6-5-10/h8-9H,2-7,10H2,1H3,(H,11,12). The first-order valence-corrected chi connectivity index (χ1v) is 6.89. The molecule has 3 N–H and O–H groups in total. The summed E-state index contributed by atoms with van der Waals surface area (Å²) in [4.78, 5) is 9.34. The fourth-order valence-corrected chi connectivity index (χ4v) is 2.83. The van der Waals surface area contributed by atoms with Crippen LogP contribution in [0, 0.1) is 5.92 Å². The molecule has 0 amide bonds. The monoisotopic (exact) mass is 237 g/mol. The van der Waals surface area contributed by atoms with Gasteiger partial charge in [-0.25, -0.2) is 4.57 Å². The third-order valence-electron chi connectivity index (χ3n) is 2.54. The zero-order valence-corrected chi connectivity index (χ0v) is 9.99. The van der Waals surface area contributed by atoms with E-state index >= 15 is 0 Å². The van der Waals surface area contributed by atoms with Crippen molar-refractivity contribution in [1.29, 1.82) is 0 Å². The van der Waals surface area contributed by atoms with Crippen molar-refractivity contribution in [2.45, 2.75) is 38.7 Å². The van der Waals surface area contributed by atoms with Crippen molar-refractivity contribution in [1.82, 2.24) is 0 Å². The van der Waals surface area contributed by atoms with Gasteiger partial charge in [-0.2, -0.15) is 0 Å². The molecule has 6 heteroatoms. The number of phosphoric ester groups is 1. The number of hydrogen-bond acceptors (Lipinski definition) is 4. The zero-order chi connectivity index (χ0) is 11.3. The van der Waals surface area contributed by atoms with Gasteiger partial charge in [-0.1, -0.05) is 19.8 Å².